The van der Waals surface area contributed by atoms with Gasteiger partial charge in [0.1, 0.15) is 0 Å². The zero-order valence-electron chi connectivity index (χ0n) is 18.8. The van der Waals surface area contributed by atoms with Gasteiger partial charge in [-0.25, -0.2) is 0 Å². The minimum absolute atomic E-state index is 0. The first-order valence-electron chi connectivity index (χ1n) is 11.6. The summed E-state index contributed by atoms with van der Waals surface area (Å²) in [5.41, 5.74) is 4.40. The van der Waals surface area contributed by atoms with Crippen LogP contribution in [0.15, 0.2) is 70.6 Å². The van der Waals surface area contributed by atoms with Crippen LogP contribution >= 0.6 is 0 Å². The summed E-state index contributed by atoms with van der Waals surface area (Å²) in [5, 5.41) is 0. The number of rotatable bonds is 14. The average Bonchev–Trinajstić information content (AvgIpc) is 2.76. The molecule has 0 spiro atoms. The van der Waals surface area contributed by atoms with Gasteiger partial charge in [0, 0.05) is 16.5 Å². The molecule has 2 rings (SSSR count). The number of nitrogens with zero attached hydrogens (tertiary/aromatic N) is 2. The number of unbranched alkanes of at least 4 members (excludes halogenated alkanes) is 7. The van der Waals surface area contributed by atoms with Crippen molar-refractivity contribution >= 4 is 22.8 Å². The molecule has 2 nitrogen and oxygen atoms in total. The summed E-state index contributed by atoms with van der Waals surface area (Å²) in [6.07, 6.45) is 13.4. The van der Waals surface area contributed by atoms with Gasteiger partial charge >= 0.3 is 0 Å². The minimum atomic E-state index is 0. The fraction of sp³-hybridized carbons (Fsp3) is 0.481. The Balaban J connectivity index is 0.00000450. The Hall–Kier alpha value is -1.73. The van der Waals surface area contributed by atoms with Crippen LogP contribution in [-0.4, -0.2) is 11.4 Å². The average molecular weight is 449 g/mol. The van der Waals surface area contributed by atoms with Crippen LogP contribution in [-0.2, 0) is 16.5 Å². The van der Waals surface area contributed by atoms with Crippen molar-refractivity contribution in [3.05, 3.63) is 60.7 Å². The summed E-state index contributed by atoms with van der Waals surface area (Å²) in [7, 11) is 0. The van der Waals surface area contributed by atoms with Gasteiger partial charge in [0.25, 0.3) is 0 Å². The first-order valence-corrected chi connectivity index (χ1v) is 11.6. The first-order chi connectivity index (χ1) is 14.3. The van der Waals surface area contributed by atoms with Crippen molar-refractivity contribution in [2.45, 2.75) is 84.5 Å². The van der Waals surface area contributed by atoms with Crippen LogP contribution < -0.4 is 0 Å². The number of hydrogen-bond acceptors (Lipinski definition) is 2. The molecular weight excluding hydrogens is 411 g/mol. The fourth-order valence-corrected chi connectivity index (χ4v) is 3.46. The van der Waals surface area contributed by atoms with E-state index in [1.165, 1.54) is 69.2 Å². The Morgan fingerprint density at radius 3 is 1.37 bits per heavy atom. The van der Waals surface area contributed by atoms with Crippen molar-refractivity contribution in [1.29, 1.82) is 0 Å². The van der Waals surface area contributed by atoms with E-state index in [9.17, 15) is 0 Å². The molecule has 0 aliphatic carbocycles. The van der Waals surface area contributed by atoms with Crippen molar-refractivity contribution in [1.82, 2.24) is 0 Å². The number of aliphatic imine (C=N–C) groups is 2. The van der Waals surface area contributed by atoms with E-state index in [1.807, 2.05) is 12.1 Å². The molecule has 0 unspecified atom stereocenters. The molecular formula is C27H38N2Ni. The van der Waals surface area contributed by atoms with E-state index >= 15 is 0 Å². The Bertz CT molecular complexity index is 723. The molecule has 0 fully saturated rings. The molecule has 0 N–H and O–H groups in total. The van der Waals surface area contributed by atoms with E-state index < -0.39 is 0 Å². The van der Waals surface area contributed by atoms with Gasteiger partial charge in [-0.2, -0.15) is 0 Å². The fourth-order valence-electron chi connectivity index (χ4n) is 3.46. The first kappa shape index (κ1) is 26.3. The third-order valence-corrected chi connectivity index (χ3v) is 5.16. The van der Waals surface area contributed by atoms with Gasteiger partial charge in [-0.15, -0.1) is 0 Å². The molecule has 166 valence electrons. The van der Waals surface area contributed by atoms with E-state index in [2.05, 4.69) is 62.4 Å². The molecule has 2 aromatic rings. The second-order valence-electron chi connectivity index (χ2n) is 7.76. The van der Waals surface area contributed by atoms with E-state index in [-0.39, 0.29) is 16.5 Å². The van der Waals surface area contributed by atoms with Crippen molar-refractivity contribution in [2.24, 2.45) is 9.98 Å². The van der Waals surface area contributed by atoms with Crippen molar-refractivity contribution in [2.75, 3.05) is 0 Å². The largest absolute Gasteiger partial charge is 0.252 e. The summed E-state index contributed by atoms with van der Waals surface area (Å²) >= 11 is 0. The van der Waals surface area contributed by atoms with Gasteiger partial charge in [0.2, 0.25) is 0 Å². The van der Waals surface area contributed by atoms with E-state index in [0.29, 0.717) is 0 Å². The summed E-state index contributed by atoms with van der Waals surface area (Å²) in [6, 6.07) is 20.7. The summed E-state index contributed by atoms with van der Waals surface area (Å²) in [5.74, 6) is 0. The zero-order chi connectivity index (χ0) is 20.6. The maximum Gasteiger partial charge on any atom is 0.0633 e. The van der Waals surface area contributed by atoms with Crippen LogP contribution in [0.25, 0.3) is 0 Å². The van der Waals surface area contributed by atoms with E-state index in [1.54, 1.807) is 0 Å². The third-order valence-electron chi connectivity index (χ3n) is 5.16. The summed E-state index contributed by atoms with van der Waals surface area (Å²) in [6.45, 7) is 4.52. The molecule has 3 heteroatoms. The predicted octanol–water partition coefficient (Wildman–Crippen LogP) is 8.86. The maximum atomic E-state index is 5.05. The second kappa shape index (κ2) is 17.0. The van der Waals surface area contributed by atoms with Gasteiger partial charge in [-0.1, -0.05) is 95.2 Å². The second-order valence-corrected chi connectivity index (χ2v) is 7.76. The van der Waals surface area contributed by atoms with Crippen molar-refractivity contribution in [3.63, 3.8) is 0 Å². The van der Waals surface area contributed by atoms with E-state index in [0.717, 1.165) is 24.2 Å². The predicted molar refractivity (Wildman–Crippen MR) is 129 cm³/mol. The molecule has 0 aliphatic rings. The van der Waals surface area contributed by atoms with Crippen molar-refractivity contribution < 1.29 is 16.5 Å². The smallest absolute Gasteiger partial charge is 0.0633 e. The molecule has 0 saturated carbocycles. The van der Waals surface area contributed by atoms with Crippen LogP contribution in [0, 0.1) is 0 Å². The van der Waals surface area contributed by atoms with Gasteiger partial charge in [0.05, 0.1) is 22.8 Å². The van der Waals surface area contributed by atoms with Gasteiger partial charge in [-0.3, -0.25) is 9.98 Å². The van der Waals surface area contributed by atoms with Gasteiger partial charge < -0.3 is 0 Å². The van der Waals surface area contributed by atoms with Crippen LogP contribution in [0.1, 0.15) is 84.5 Å². The third kappa shape index (κ3) is 10.9. The Labute approximate surface area is 194 Å². The van der Waals surface area contributed by atoms with Gasteiger partial charge in [-0.05, 0) is 49.9 Å². The number of benzene rings is 2. The molecule has 2 aromatic carbocycles. The maximum absolute atomic E-state index is 5.05. The van der Waals surface area contributed by atoms with Gasteiger partial charge in [0.15, 0.2) is 0 Å². The van der Waals surface area contributed by atoms with Crippen LogP contribution in [0.2, 0.25) is 0 Å². The normalized spacial score (nSPS) is 11.9. The van der Waals surface area contributed by atoms with Crippen LogP contribution in [0.5, 0.6) is 0 Å². The van der Waals surface area contributed by atoms with Crippen LogP contribution in [0.4, 0.5) is 11.4 Å². The molecule has 0 saturated heterocycles. The minimum Gasteiger partial charge on any atom is -0.252 e. The Morgan fingerprint density at radius 1 is 0.533 bits per heavy atom. The Morgan fingerprint density at radius 2 is 0.900 bits per heavy atom. The summed E-state index contributed by atoms with van der Waals surface area (Å²) < 4.78 is 0. The molecule has 0 radical (unpaired) electrons. The Kier molecular flexibility index (Phi) is 14.9. The monoisotopic (exact) mass is 448 g/mol. The molecule has 30 heavy (non-hydrogen) atoms. The standard InChI is InChI=1S/C27H38N2.Ni/c1-3-5-7-8-9-17-23-27(29-25-20-15-11-16-21-25)26(22-12-6-4-2)28-24-18-13-10-14-19-24;/h10-11,13-16,18-21H,3-9,12,17,22-23H2,1-2H3;. The molecule has 0 bridgehead atoms. The molecule has 0 aromatic heterocycles. The van der Waals surface area contributed by atoms with Crippen molar-refractivity contribution in [3.8, 4) is 0 Å². The molecule has 0 amide bonds. The summed E-state index contributed by atoms with van der Waals surface area (Å²) in [4.78, 5) is 10.1. The zero-order valence-corrected chi connectivity index (χ0v) is 19.7. The van der Waals surface area contributed by atoms with Crippen LogP contribution in [0.3, 0.4) is 0 Å². The topological polar surface area (TPSA) is 24.7 Å². The molecule has 0 atom stereocenters. The number of hydrogen-bond donors (Lipinski definition) is 0. The van der Waals surface area contributed by atoms with E-state index in [4.69, 9.17) is 9.98 Å². The number of para-hydroxylation sites is 2. The molecule has 0 aliphatic heterocycles. The molecule has 0 heterocycles. The SMILES string of the molecule is CCCCCCCCC(=Nc1ccccc1)C(CCCCC)=Nc1ccccc1.[Ni]. The quantitative estimate of drug-likeness (QED) is 0.156.